The third kappa shape index (κ3) is 3.47. The zero-order valence-corrected chi connectivity index (χ0v) is 12.7. The number of hydrogen-bond donors (Lipinski definition) is 2. The van der Waals surface area contributed by atoms with Crippen molar-refractivity contribution < 1.29 is 18.3 Å². The molecule has 0 fully saturated rings. The van der Waals surface area contributed by atoms with Crippen LogP contribution in [-0.2, 0) is 10.0 Å². The minimum atomic E-state index is -3.78. The van der Waals surface area contributed by atoms with Crippen molar-refractivity contribution in [3.05, 3.63) is 15.8 Å². The van der Waals surface area contributed by atoms with Crippen LogP contribution >= 0.6 is 23.1 Å². The molecule has 1 aromatic heterocycles. The average molecular weight is 309 g/mol. The van der Waals surface area contributed by atoms with Crippen molar-refractivity contribution in [1.82, 2.24) is 4.72 Å². The molecule has 0 aliphatic rings. The van der Waals surface area contributed by atoms with E-state index in [1.165, 1.54) is 17.1 Å². The van der Waals surface area contributed by atoms with E-state index < -0.39 is 16.0 Å². The Morgan fingerprint density at radius 2 is 2.22 bits per heavy atom. The fourth-order valence-electron chi connectivity index (χ4n) is 1.52. The number of carboxylic acid groups (broad SMARTS) is 1. The van der Waals surface area contributed by atoms with Crippen molar-refractivity contribution >= 4 is 39.1 Å². The summed E-state index contributed by atoms with van der Waals surface area (Å²) in [5, 5.41) is 10.5. The minimum Gasteiger partial charge on any atom is -0.477 e. The van der Waals surface area contributed by atoms with Crippen molar-refractivity contribution in [2.45, 2.75) is 24.8 Å². The molecule has 0 aliphatic carbocycles. The Kier molecular flexibility index (Phi) is 5.20. The lowest BCUT2D eigenvalue weighted by molar-refractivity contribution is 0.0698. The monoisotopic (exact) mass is 309 g/mol. The summed E-state index contributed by atoms with van der Waals surface area (Å²) in [4.78, 5) is 10.7. The average Bonchev–Trinajstić information content (AvgIpc) is 2.60. The summed E-state index contributed by atoms with van der Waals surface area (Å²) in [6.07, 6.45) is 1.88. The molecule has 0 aromatic carbocycles. The van der Waals surface area contributed by atoms with Crippen molar-refractivity contribution in [1.29, 1.82) is 0 Å². The molecule has 0 saturated heterocycles. The molecule has 1 rings (SSSR count). The lowest BCUT2D eigenvalue weighted by atomic mass is 10.3. The topological polar surface area (TPSA) is 83.5 Å². The van der Waals surface area contributed by atoms with E-state index in [9.17, 15) is 13.2 Å². The minimum absolute atomic E-state index is 0.118. The van der Waals surface area contributed by atoms with E-state index in [1.807, 2.05) is 6.26 Å². The van der Waals surface area contributed by atoms with E-state index in [-0.39, 0.29) is 15.8 Å². The van der Waals surface area contributed by atoms with E-state index in [4.69, 9.17) is 5.11 Å². The van der Waals surface area contributed by atoms with Crippen LogP contribution in [0.3, 0.4) is 0 Å². The number of aryl methyl sites for hydroxylation is 1. The predicted molar refractivity (Wildman–Crippen MR) is 74.2 cm³/mol. The second-order valence-electron chi connectivity index (χ2n) is 3.86. The first-order valence-electron chi connectivity index (χ1n) is 5.12. The molecule has 1 unspecified atom stereocenters. The second-order valence-corrected chi connectivity index (χ2v) is 7.30. The molecule has 8 heteroatoms. The number of thiophene rings is 1. The first kappa shape index (κ1) is 15.5. The number of sulfonamides is 1. The van der Waals surface area contributed by atoms with Gasteiger partial charge in [-0.3, -0.25) is 0 Å². The van der Waals surface area contributed by atoms with Crippen molar-refractivity contribution in [3.63, 3.8) is 0 Å². The molecule has 1 aromatic rings. The maximum Gasteiger partial charge on any atom is 0.347 e. The second kappa shape index (κ2) is 6.05. The van der Waals surface area contributed by atoms with Gasteiger partial charge in [-0.1, -0.05) is 0 Å². The van der Waals surface area contributed by atoms with Gasteiger partial charge in [-0.15, -0.1) is 11.3 Å². The number of thioether (sulfide) groups is 1. The van der Waals surface area contributed by atoms with Gasteiger partial charge in [0.25, 0.3) is 0 Å². The smallest absolute Gasteiger partial charge is 0.347 e. The van der Waals surface area contributed by atoms with Gasteiger partial charge in [0.05, 0.1) is 0 Å². The van der Waals surface area contributed by atoms with E-state index in [0.29, 0.717) is 11.3 Å². The van der Waals surface area contributed by atoms with Gasteiger partial charge in [-0.25, -0.2) is 17.9 Å². The Bertz CT molecular complexity index is 535. The van der Waals surface area contributed by atoms with Gasteiger partial charge in [0.15, 0.2) is 0 Å². The first-order valence-corrected chi connectivity index (χ1v) is 8.88. The van der Waals surface area contributed by atoms with Crippen molar-refractivity contribution in [2.75, 3.05) is 12.0 Å². The van der Waals surface area contributed by atoms with Crippen LogP contribution in [0.5, 0.6) is 0 Å². The van der Waals surface area contributed by atoms with Gasteiger partial charge in [-0.2, -0.15) is 11.8 Å². The summed E-state index contributed by atoms with van der Waals surface area (Å²) in [6, 6.07) is -0.244. The van der Waals surface area contributed by atoms with Crippen LogP contribution < -0.4 is 4.72 Å². The summed E-state index contributed by atoms with van der Waals surface area (Å²) in [5.41, 5.74) is 0.459. The number of aromatic carboxylic acids is 1. The zero-order valence-electron chi connectivity index (χ0n) is 10.3. The van der Waals surface area contributed by atoms with Gasteiger partial charge in [0.2, 0.25) is 10.0 Å². The normalized spacial score (nSPS) is 13.5. The Balaban J connectivity index is 3.12. The van der Waals surface area contributed by atoms with Crippen LogP contribution in [0.15, 0.2) is 10.3 Å². The summed E-state index contributed by atoms with van der Waals surface area (Å²) >= 11 is 2.45. The lowest BCUT2D eigenvalue weighted by Gasteiger charge is -2.13. The molecule has 2 N–H and O–H groups in total. The van der Waals surface area contributed by atoms with Crippen LogP contribution in [0.4, 0.5) is 0 Å². The summed E-state index contributed by atoms with van der Waals surface area (Å²) < 4.78 is 26.8. The number of rotatable bonds is 6. The molecule has 0 amide bonds. The number of hydrogen-bond acceptors (Lipinski definition) is 5. The standard InChI is InChI=1S/C10H15NO4S3/c1-6-4-17-8(10(12)13)9(6)18(14,15)11-7(2)5-16-3/h4,7,11H,5H2,1-3H3,(H,12,13). The summed E-state index contributed by atoms with van der Waals surface area (Å²) in [5.74, 6) is -0.587. The summed E-state index contributed by atoms with van der Waals surface area (Å²) in [7, 11) is -3.78. The number of carboxylic acids is 1. The highest BCUT2D eigenvalue weighted by molar-refractivity contribution is 7.98. The van der Waals surface area contributed by atoms with E-state index in [0.717, 1.165) is 11.3 Å². The number of nitrogens with one attached hydrogen (secondary N) is 1. The number of carbonyl (C=O) groups is 1. The molecule has 0 radical (unpaired) electrons. The molecule has 1 atom stereocenters. The van der Waals surface area contributed by atoms with E-state index in [1.54, 1.807) is 13.8 Å². The highest BCUT2D eigenvalue weighted by Crippen LogP contribution is 2.27. The zero-order chi connectivity index (χ0) is 13.9. The van der Waals surface area contributed by atoms with Gasteiger partial charge in [0.1, 0.15) is 9.77 Å². The molecule has 0 spiro atoms. The van der Waals surface area contributed by atoms with Crippen molar-refractivity contribution in [3.8, 4) is 0 Å². The molecule has 0 aliphatic heterocycles. The van der Waals surface area contributed by atoms with Crippen molar-refractivity contribution in [2.24, 2.45) is 0 Å². The Morgan fingerprint density at radius 1 is 1.61 bits per heavy atom. The first-order chi connectivity index (χ1) is 8.29. The van der Waals surface area contributed by atoms with Crippen LogP contribution in [0.1, 0.15) is 22.2 Å². The quantitative estimate of drug-likeness (QED) is 0.837. The fourth-order valence-corrected chi connectivity index (χ4v) is 5.09. The molecule has 1 heterocycles. The maximum atomic E-state index is 12.1. The maximum absolute atomic E-state index is 12.1. The summed E-state index contributed by atoms with van der Waals surface area (Å²) in [6.45, 7) is 3.34. The lowest BCUT2D eigenvalue weighted by Crippen LogP contribution is -2.35. The largest absolute Gasteiger partial charge is 0.477 e. The van der Waals surface area contributed by atoms with Crippen LogP contribution in [-0.4, -0.2) is 37.5 Å². The molecule has 0 bridgehead atoms. The molecule has 0 saturated carbocycles. The SMILES string of the molecule is CSCC(C)NS(=O)(=O)c1c(C)csc1C(=O)O. The third-order valence-electron chi connectivity index (χ3n) is 2.15. The molecule has 18 heavy (non-hydrogen) atoms. The highest BCUT2D eigenvalue weighted by atomic mass is 32.2. The fraction of sp³-hybridized carbons (Fsp3) is 0.500. The van der Waals surface area contributed by atoms with Gasteiger partial charge in [-0.05, 0) is 31.0 Å². The van der Waals surface area contributed by atoms with E-state index in [2.05, 4.69) is 4.72 Å². The van der Waals surface area contributed by atoms with Gasteiger partial charge in [0, 0.05) is 11.8 Å². The molecular formula is C10H15NO4S3. The van der Waals surface area contributed by atoms with Crippen LogP contribution in [0, 0.1) is 6.92 Å². The van der Waals surface area contributed by atoms with Gasteiger partial charge < -0.3 is 5.11 Å². The van der Waals surface area contributed by atoms with Gasteiger partial charge >= 0.3 is 5.97 Å². The Morgan fingerprint density at radius 3 is 2.72 bits per heavy atom. The highest BCUT2D eigenvalue weighted by Gasteiger charge is 2.27. The Labute approximate surface area is 115 Å². The third-order valence-corrected chi connectivity index (χ3v) is 5.98. The van der Waals surface area contributed by atoms with Crippen LogP contribution in [0.2, 0.25) is 0 Å². The predicted octanol–water partition coefficient (Wildman–Crippen LogP) is 1.78. The molecule has 102 valence electrons. The molecular weight excluding hydrogens is 294 g/mol. The Hall–Kier alpha value is -0.570. The molecule has 5 nitrogen and oxygen atoms in total. The van der Waals surface area contributed by atoms with Crippen LogP contribution in [0.25, 0.3) is 0 Å². The van der Waals surface area contributed by atoms with E-state index >= 15 is 0 Å².